The summed E-state index contributed by atoms with van der Waals surface area (Å²) < 4.78 is 0. The van der Waals surface area contributed by atoms with Crippen molar-refractivity contribution in [1.82, 2.24) is 9.97 Å². The molecule has 0 saturated carbocycles. The highest BCUT2D eigenvalue weighted by Crippen LogP contribution is 2.42. The van der Waals surface area contributed by atoms with Crippen LogP contribution in [0.2, 0.25) is 0 Å². The highest BCUT2D eigenvalue weighted by atomic mass is 14.7. The summed E-state index contributed by atoms with van der Waals surface area (Å²) in [5.41, 5.74) is 8.87. The fourth-order valence-corrected chi connectivity index (χ4v) is 5.25. The van der Waals surface area contributed by atoms with E-state index in [1.165, 1.54) is 33.0 Å². The van der Waals surface area contributed by atoms with Gasteiger partial charge in [-0.15, -0.1) is 0 Å². The van der Waals surface area contributed by atoms with Crippen molar-refractivity contribution in [2.24, 2.45) is 0 Å². The van der Waals surface area contributed by atoms with Crippen LogP contribution >= 0.6 is 0 Å². The molecule has 0 N–H and O–H groups in total. The van der Waals surface area contributed by atoms with Crippen molar-refractivity contribution in [3.63, 3.8) is 0 Å². The van der Waals surface area contributed by atoms with E-state index in [9.17, 15) is 0 Å². The van der Waals surface area contributed by atoms with E-state index in [2.05, 4.69) is 121 Å². The largest absolute Gasteiger partial charge is 0.254 e. The quantitative estimate of drug-likeness (QED) is 0.247. The molecule has 0 atom stereocenters. The summed E-state index contributed by atoms with van der Waals surface area (Å²) in [7, 11) is 0. The van der Waals surface area contributed by atoms with E-state index >= 15 is 0 Å². The van der Waals surface area contributed by atoms with Gasteiger partial charge >= 0.3 is 0 Å². The molecule has 0 spiro atoms. The highest BCUT2D eigenvalue weighted by molar-refractivity contribution is 6.18. The van der Waals surface area contributed by atoms with Crippen molar-refractivity contribution in [3.8, 4) is 33.4 Å². The van der Waals surface area contributed by atoms with Gasteiger partial charge < -0.3 is 0 Å². The van der Waals surface area contributed by atoms with Crippen molar-refractivity contribution < 1.29 is 0 Å². The predicted octanol–water partition coefficient (Wildman–Crippen LogP) is 8.94. The van der Waals surface area contributed by atoms with E-state index in [0.29, 0.717) is 0 Å². The zero-order chi connectivity index (χ0) is 23.9. The van der Waals surface area contributed by atoms with Crippen LogP contribution in [0.1, 0.15) is 0 Å². The van der Waals surface area contributed by atoms with E-state index in [4.69, 9.17) is 9.97 Å². The van der Waals surface area contributed by atoms with E-state index in [-0.39, 0.29) is 0 Å². The van der Waals surface area contributed by atoms with Gasteiger partial charge in [0.15, 0.2) is 0 Å². The van der Waals surface area contributed by atoms with Crippen LogP contribution in [0.15, 0.2) is 134 Å². The van der Waals surface area contributed by atoms with Crippen molar-refractivity contribution >= 4 is 32.6 Å². The number of hydrogen-bond donors (Lipinski definition) is 0. The van der Waals surface area contributed by atoms with Crippen molar-refractivity contribution in [2.45, 2.75) is 0 Å². The minimum Gasteiger partial charge on any atom is -0.254 e. The molecule has 36 heavy (non-hydrogen) atoms. The predicted molar refractivity (Wildman–Crippen MR) is 151 cm³/mol. The molecule has 0 aliphatic heterocycles. The van der Waals surface area contributed by atoms with Crippen molar-refractivity contribution in [1.29, 1.82) is 0 Å². The van der Waals surface area contributed by atoms with E-state index < -0.39 is 0 Å². The third-order valence-electron chi connectivity index (χ3n) is 6.95. The number of fused-ring (bicyclic) bond motifs is 4. The van der Waals surface area contributed by atoms with Gasteiger partial charge in [-0.05, 0) is 68.4 Å². The summed E-state index contributed by atoms with van der Waals surface area (Å²) in [4.78, 5) is 9.77. The molecule has 0 bridgehead atoms. The molecule has 0 saturated heterocycles. The van der Waals surface area contributed by atoms with Gasteiger partial charge in [0.1, 0.15) is 0 Å². The van der Waals surface area contributed by atoms with Crippen molar-refractivity contribution in [3.05, 3.63) is 134 Å². The van der Waals surface area contributed by atoms with Crippen LogP contribution in [0.5, 0.6) is 0 Å². The number of hydrogen-bond acceptors (Lipinski definition) is 2. The molecule has 2 heteroatoms. The lowest BCUT2D eigenvalue weighted by atomic mass is 9.89. The molecule has 0 amide bonds. The van der Waals surface area contributed by atoms with Gasteiger partial charge in [-0.1, -0.05) is 97.1 Å². The summed E-state index contributed by atoms with van der Waals surface area (Å²) >= 11 is 0. The summed E-state index contributed by atoms with van der Waals surface area (Å²) in [5.74, 6) is 0. The third-order valence-corrected chi connectivity index (χ3v) is 6.95. The van der Waals surface area contributed by atoms with Crippen LogP contribution in [0.3, 0.4) is 0 Å². The van der Waals surface area contributed by atoms with E-state index in [1.54, 1.807) is 0 Å². The van der Waals surface area contributed by atoms with Crippen LogP contribution in [0.25, 0.3) is 66.0 Å². The normalized spacial score (nSPS) is 11.3. The maximum Gasteiger partial charge on any atom is 0.0977 e. The maximum atomic E-state index is 4.92. The molecule has 0 aliphatic carbocycles. The van der Waals surface area contributed by atoms with Crippen LogP contribution in [0, 0.1) is 0 Å². The molecule has 5 aromatic carbocycles. The molecule has 0 fully saturated rings. The molecule has 2 aromatic heterocycles. The average molecular weight is 459 g/mol. The van der Waals surface area contributed by atoms with Gasteiger partial charge in [0.05, 0.1) is 11.0 Å². The first-order chi connectivity index (χ1) is 17.9. The molecule has 168 valence electrons. The second kappa shape index (κ2) is 8.44. The first-order valence-electron chi connectivity index (χ1n) is 12.2. The topological polar surface area (TPSA) is 25.8 Å². The van der Waals surface area contributed by atoms with E-state index in [1.807, 2.05) is 12.4 Å². The summed E-state index contributed by atoms with van der Waals surface area (Å²) in [5, 5.41) is 4.70. The minimum absolute atomic E-state index is 0.925. The van der Waals surface area contributed by atoms with Gasteiger partial charge in [-0.3, -0.25) is 9.97 Å². The molecule has 7 aromatic rings. The number of nitrogens with zero attached hydrogens (tertiary/aromatic N) is 2. The average Bonchev–Trinajstić information content (AvgIpc) is 2.96. The fraction of sp³-hybridized carbons (Fsp3) is 0. The maximum absolute atomic E-state index is 4.92. The Morgan fingerprint density at radius 1 is 0.389 bits per heavy atom. The number of pyridine rings is 2. The van der Waals surface area contributed by atoms with Crippen LogP contribution in [-0.4, -0.2) is 9.97 Å². The summed E-state index contributed by atoms with van der Waals surface area (Å²) in [6, 6.07) is 42.9. The highest BCUT2D eigenvalue weighted by Gasteiger charge is 2.17. The second-order valence-corrected chi connectivity index (χ2v) is 9.05. The van der Waals surface area contributed by atoms with Gasteiger partial charge in [-0.2, -0.15) is 0 Å². The Morgan fingerprint density at radius 3 is 1.75 bits per heavy atom. The third kappa shape index (κ3) is 3.35. The number of aromatic nitrogens is 2. The molecule has 0 unspecified atom stereocenters. The Kier molecular flexibility index (Phi) is 4.82. The molecule has 2 heterocycles. The SMILES string of the molecule is c1ccc(-c2ccnc3c2cc(-c2ccc4ccccc4c2)c2c(-c4ccccc4)ccnc23)cc1. The number of rotatable bonds is 3. The second-order valence-electron chi connectivity index (χ2n) is 9.05. The lowest BCUT2D eigenvalue weighted by molar-refractivity contribution is 1.37. The van der Waals surface area contributed by atoms with Crippen LogP contribution in [-0.2, 0) is 0 Å². The van der Waals surface area contributed by atoms with Crippen LogP contribution in [0.4, 0.5) is 0 Å². The van der Waals surface area contributed by atoms with Gasteiger partial charge in [0.25, 0.3) is 0 Å². The van der Waals surface area contributed by atoms with E-state index in [0.717, 1.165) is 32.9 Å². The van der Waals surface area contributed by atoms with Gasteiger partial charge in [-0.25, -0.2) is 0 Å². The van der Waals surface area contributed by atoms with Crippen molar-refractivity contribution in [2.75, 3.05) is 0 Å². The lowest BCUT2D eigenvalue weighted by Gasteiger charge is -2.16. The molecular weight excluding hydrogens is 436 g/mol. The Bertz CT molecular complexity index is 1870. The Hall–Kier alpha value is -4.82. The zero-order valence-corrected chi connectivity index (χ0v) is 19.6. The summed E-state index contributed by atoms with van der Waals surface area (Å²) in [6.45, 7) is 0. The standard InChI is InChI=1S/C34H22N2/c1-3-10-24(11-4-1)28-17-19-35-33-31(28)22-30(27-16-15-23-9-7-8-14-26(23)21-27)32-29(18-20-36-34(32)33)25-12-5-2-6-13-25/h1-22H. The molecular formula is C34H22N2. The van der Waals surface area contributed by atoms with Gasteiger partial charge in [0, 0.05) is 23.2 Å². The smallest absolute Gasteiger partial charge is 0.0977 e. The Balaban J connectivity index is 1.64. The number of benzene rings is 5. The Labute approximate surface area is 209 Å². The lowest BCUT2D eigenvalue weighted by Crippen LogP contribution is -1.94. The summed E-state index contributed by atoms with van der Waals surface area (Å²) in [6.07, 6.45) is 3.81. The monoisotopic (exact) mass is 458 g/mol. The minimum atomic E-state index is 0.925. The Morgan fingerprint density at radius 2 is 1.00 bits per heavy atom. The molecule has 0 aliphatic rings. The fourth-order valence-electron chi connectivity index (χ4n) is 5.25. The first kappa shape index (κ1) is 20.5. The van der Waals surface area contributed by atoms with Gasteiger partial charge in [0.2, 0.25) is 0 Å². The molecule has 2 nitrogen and oxygen atoms in total. The van der Waals surface area contributed by atoms with Crippen LogP contribution < -0.4 is 0 Å². The first-order valence-corrected chi connectivity index (χ1v) is 12.2. The molecule has 0 radical (unpaired) electrons. The zero-order valence-electron chi connectivity index (χ0n) is 19.6. The molecule has 7 rings (SSSR count).